The lowest BCUT2D eigenvalue weighted by atomic mass is 9.83. The average molecular weight is 269 g/mol. The Balaban J connectivity index is 3.35. The zero-order valence-corrected chi connectivity index (χ0v) is 10.1. The summed E-state index contributed by atoms with van der Waals surface area (Å²) in [5, 5.41) is 5.01. The maximum atomic E-state index is 12.9. The summed E-state index contributed by atoms with van der Waals surface area (Å²) >= 11 is 0. The van der Waals surface area contributed by atoms with Crippen molar-refractivity contribution >= 4 is 10.0 Å². The van der Waals surface area contributed by atoms with Gasteiger partial charge in [-0.25, -0.2) is 13.6 Å². The third-order valence-electron chi connectivity index (χ3n) is 2.99. The molecule has 0 aromatic carbocycles. The van der Waals surface area contributed by atoms with E-state index in [0.29, 0.717) is 0 Å². The van der Waals surface area contributed by atoms with Gasteiger partial charge in [-0.2, -0.15) is 13.2 Å². The fourth-order valence-corrected chi connectivity index (χ4v) is 3.43. The van der Waals surface area contributed by atoms with Gasteiger partial charge in [0.25, 0.3) is 0 Å². The lowest BCUT2D eigenvalue weighted by molar-refractivity contribution is -0.181. The Morgan fingerprint density at radius 1 is 1.41 bits per heavy atom. The fourth-order valence-electron chi connectivity index (χ4n) is 2.14. The molecule has 98 valence electrons. The Bertz CT molecular complexity index is 439. The van der Waals surface area contributed by atoms with Crippen molar-refractivity contribution in [1.29, 1.82) is 0 Å². The number of sulfonamides is 1. The topological polar surface area (TPSA) is 60.2 Å². The van der Waals surface area contributed by atoms with Gasteiger partial charge in [0.2, 0.25) is 10.0 Å². The smallest absolute Gasteiger partial charge is 0.228 e. The predicted octanol–water partition coefficient (Wildman–Crippen LogP) is 2.12. The first-order valence-electron chi connectivity index (χ1n) is 5.08. The molecule has 1 aliphatic carbocycles. The van der Waals surface area contributed by atoms with E-state index in [0.717, 1.165) is 6.08 Å². The Labute approximate surface area is 98.2 Å². The van der Waals surface area contributed by atoms with Crippen LogP contribution in [0.1, 0.15) is 19.8 Å². The molecule has 7 heteroatoms. The number of primary sulfonamides is 1. The van der Waals surface area contributed by atoms with Crippen molar-refractivity contribution in [2.75, 3.05) is 0 Å². The number of rotatable bonds is 3. The van der Waals surface area contributed by atoms with Crippen LogP contribution in [0.5, 0.6) is 0 Å². The lowest BCUT2D eigenvalue weighted by Crippen LogP contribution is -2.53. The summed E-state index contributed by atoms with van der Waals surface area (Å²) in [6, 6.07) is 0. The van der Waals surface area contributed by atoms with Crippen LogP contribution in [0.4, 0.5) is 13.2 Å². The van der Waals surface area contributed by atoms with E-state index in [1.165, 1.54) is 25.2 Å². The van der Waals surface area contributed by atoms with Crippen molar-refractivity contribution in [2.45, 2.75) is 30.7 Å². The van der Waals surface area contributed by atoms with Crippen molar-refractivity contribution in [3.05, 3.63) is 24.3 Å². The van der Waals surface area contributed by atoms with Crippen molar-refractivity contribution in [1.82, 2.24) is 0 Å². The van der Waals surface area contributed by atoms with Crippen LogP contribution in [0, 0.1) is 5.92 Å². The van der Waals surface area contributed by atoms with Crippen molar-refractivity contribution in [3.8, 4) is 0 Å². The highest BCUT2D eigenvalue weighted by Gasteiger charge is 2.56. The summed E-state index contributed by atoms with van der Waals surface area (Å²) in [4.78, 5) is 0. The molecule has 0 radical (unpaired) electrons. The number of hydrogen-bond donors (Lipinski definition) is 1. The van der Waals surface area contributed by atoms with Gasteiger partial charge >= 0.3 is 6.18 Å². The van der Waals surface area contributed by atoms with Gasteiger partial charge in [-0.1, -0.05) is 31.2 Å². The molecule has 1 rings (SSSR count). The standard InChI is InChI=1S/C10H14F3NO2S/c1-2-8(10(11,12)13)9(17(14,15)16)6-4-3-5-7-9/h3-6,8H,2,7H2,1H3,(H2,14,15,16). The molecule has 0 saturated heterocycles. The van der Waals surface area contributed by atoms with E-state index in [9.17, 15) is 21.6 Å². The van der Waals surface area contributed by atoms with Gasteiger partial charge in [0, 0.05) is 0 Å². The third-order valence-corrected chi connectivity index (χ3v) is 4.63. The molecule has 0 aromatic heterocycles. The molecule has 0 amide bonds. The van der Waals surface area contributed by atoms with Crippen LogP contribution in [-0.4, -0.2) is 19.3 Å². The zero-order chi connectivity index (χ0) is 13.3. The first kappa shape index (κ1) is 14.2. The normalized spacial score (nSPS) is 27.1. The molecule has 2 N–H and O–H groups in total. The van der Waals surface area contributed by atoms with Crippen LogP contribution in [0.25, 0.3) is 0 Å². The fraction of sp³-hybridized carbons (Fsp3) is 0.600. The van der Waals surface area contributed by atoms with Crippen LogP contribution in [0.15, 0.2) is 24.3 Å². The van der Waals surface area contributed by atoms with Crippen LogP contribution in [0.3, 0.4) is 0 Å². The minimum Gasteiger partial charge on any atom is -0.228 e. The Hall–Kier alpha value is -0.820. The summed E-state index contributed by atoms with van der Waals surface area (Å²) in [6.45, 7) is 1.30. The monoisotopic (exact) mass is 269 g/mol. The predicted molar refractivity (Wildman–Crippen MR) is 58.6 cm³/mol. The Kier molecular flexibility index (Phi) is 3.73. The summed E-state index contributed by atoms with van der Waals surface area (Å²) in [5.41, 5.74) is 0. The first-order chi connectivity index (χ1) is 7.65. The van der Waals surface area contributed by atoms with Gasteiger partial charge in [-0.3, -0.25) is 0 Å². The molecule has 0 saturated carbocycles. The van der Waals surface area contributed by atoms with Gasteiger partial charge in [0.1, 0.15) is 4.75 Å². The van der Waals surface area contributed by atoms with Crippen molar-refractivity contribution in [3.63, 3.8) is 0 Å². The minimum atomic E-state index is -4.60. The summed E-state index contributed by atoms with van der Waals surface area (Å²) in [6.07, 6.45) is 0.0484. The molecule has 0 bridgehead atoms. The number of allylic oxidation sites excluding steroid dienone is 3. The quantitative estimate of drug-likeness (QED) is 0.853. The van der Waals surface area contributed by atoms with Crippen molar-refractivity contribution < 1.29 is 21.6 Å². The van der Waals surface area contributed by atoms with E-state index in [1.807, 2.05) is 0 Å². The Morgan fingerprint density at radius 3 is 2.29 bits per heavy atom. The van der Waals surface area contributed by atoms with Crippen molar-refractivity contribution in [2.24, 2.45) is 11.1 Å². The summed E-state index contributed by atoms with van der Waals surface area (Å²) < 4.78 is 59.7. The second-order valence-corrected chi connectivity index (χ2v) is 5.84. The van der Waals surface area contributed by atoms with E-state index in [4.69, 9.17) is 5.14 Å². The zero-order valence-electron chi connectivity index (χ0n) is 9.24. The van der Waals surface area contributed by atoms with Crippen LogP contribution in [-0.2, 0) is 10.0 Å². The lowest BCUT2D eigenvalue weighted by Gasteiger charge is -2.37. The third kappa shape index (κ3) is 2.55. The van der Waals surface area contributed by atoms with E-state index in [-0.39, 0.29) is 12.8 Å². The maximum absolute atomic E-state index is 12.9. The number of nitrogens with two attached hydrogens (primary N) is 1. The molecule has 2 unspecified atom stereocenters. The van der Waals surface area contributed by atoms with Crippen LogP contribution >= 0.6 is 0 Å². The molecular weight excluding hydrogens is 255 g/mol. The second kappa shape index (κ2) is 4.45. The number of alkyl halides is 3. The Morgan fingerprint density at radius 2 is 2.00 bits per heavy atom. The van der Waals surface area contributed by atoms with Gasteiger partial charge in [0.05, 0.1) is 5.92 Å². The average Bonchev–Trinajstić information content (AvgIpc) is 2.16. The number of halogens is 3. The molecule has 1 aliphatic rings. The second-order valence-electron chi connectivity index (χ2n) is 3.99. The van der Waals surface area contributed by atoms with E-state index >= 15 is 0 Å². The highest BCUT2D eigenvalue weighted by Crippen LogP contribution is 2.44. The molecule has 0 aliphatic heterocycles. The maximum Gasteiger partial charge on any atom is 0.393 e. The molecule has 17 heavy (non-hydrogen) atoms. The summed E-state index contributed by atoms with van der Waals surface area (Å²) in [5.74, 6) is -1.99. The highest BCUT2D eigenvalue weighted by molar-refractivity contribution is 7.90. The molecular formula is C10H14F3NO2S. The van der Waals surface area contributed by atoms with Gasteiger partial charge < -0.3 is 0 Å². The molecule has 0 heterocycles. The molecule has 0 fully saturated rings. The van der Waals surface area contributed by atoms with Crippen LogP contribution in [0.2, 0.25) is 0 Å². The molecule has 0 aromatic rings. The van der Waals surface area contributed by atoms with Crippen LogP contribution < -0.4 is 5.14 Å². The molecule has 3 nitrogen and oxygen atoms in total. The number of hydrogen-bond acceptors (Lipinski definition) is 2. The summed E-state index contributed by atoms with van der Waals surface area (Å²) in [7, 11) is -4.34. The minimum absolute atomic E-state index is 0.250. The van der Waals surface area contributed by atoms with E-state index in [2.05, 4.69) is 0 Å². The first-order valence-corrected chi connectivity index (χ1v) is 6.63. The van der Waals surface area contributed by atoms with E-state index in [1.54, 1.807) is 0 Å². The SMILES string of the molecule is CCC(C(F)(F)F)C1(S(N)(=O)=O)C=CC=CC1. The largest absolute Gasteiger partial charge is 0.393 e. The molecule has 2 atom stereocenters. The van der Waals surface area contributed by atoms with Gasteiger partial charge in [-0.05, 0) is 12.8 Å². The van der Waals surface area contributed by atoms with Gasteiger partial charge in [-0.15, -0.1) is 0 Å². The molecule has 0 spiro atoms. The van der Waals surface area contributed by atoms with Gasteiger partial charge in [0.15, 0.2) is 0 Å². The van der Waals surface area contributed by atoms with E-state index < -0.39 is 26.9 Å². The highest BCUT2D eigenvalue weighted by atomic mass is 32.2.